The number of aromatic nitrogens is 1. The molecule has 7 nitrogen and oxygen atoms in total. The van der Waals surface area contributed by atoms with E-state index in [2.05, 4.69) is 39.6 Å². The zero-order valence-corrected chi connectivity index (χ0v) is 21.5. The van der Waals surface area contributed by atoms with Crippen LogP contribution in [0.3, 0.4) is 0 Å². The first-order valence-corrected chi connectivity index (χ1v) is 13.2. The Labute approximate surface area is 222 Å². The topological polar surface area (TPSA) is 100 Å². The van der Waals surface area contributed by atoms with Crippen LogP contribution >= 0.6 is 0 Å². The number of nitrogens with two attached hydrogens (primary N) is 1. The van der Waals surface area contributed by atoms with Gasteiger partial charge in [-0.1, -0.05) is 42.5 Å². The molecule has 7 heteroatoms. The number of rotatable bonds is 7. The Balaban J connectivity index is 1.17. The van der Waals surface area contributed by atoms with Crippen LogP contribution < -0.4 is 15.8 Å². The van der Waals surface area contributed by atoms with Gasteiger partial charge in [-0.15, -0.1) is 0 Å². The zero-order valence-electron chi connectivity index (χ0n) is 21.5. The monoisotopic (exact) mass is 508 g/mol. The molecule has 1 saturated heterocycles. The molecule has 3 heterocycles. The van der Waals surface area contributed by atoms with E-state index in [9.17, 15) is 9.59 Å². The van der Waals surface area contributed by atoms with E-state index in [-0.39, 0.29) is 11.9 Å². The summed E-state index contributed by atoms with van der Waals surface area (Å²) in [6, 6.07) is 20.0. The van der Waals surface area contributed by atoms with E-state index in [1.54, 1.807) is 6.07 Å². The third-order valence-corrected chi connectivity index (χ3v) is 7.96. The second kappa shape index (κ2) is 9.99. The smallest absolute Gasteiger partial charge is 0.252 e. The number of H-pyrrole nitrogens is 1. The van der Waals surface area contributed by atoms with Crippen LogP contribution in [0.15, 0.2) is 66.9 Å². The molecule has 1 fully saturated rings. The Morgan fingerprint density at radius 2 is 1.84 bits per heavy atom. The second-order valence-corrected chi connectivity index (χ2v) is 10.4. The Bertz CT molecular complexity index is 1500. The van der Waals surface area contributed by atoms with Gasteiger partial charge in [-0.05, 0) is 79.2 Å². The molecule has 6 rings (SSSR count). The number of primary amides is 1. The van der Waals surface area contributed by atoms with E-state index >= 15 is 0 Å². The Kier molecular flexibility index (Phi) is 6.37. The van der Waals surface area contributed by atoms with Crippen molar-refractivity contribution in [3.8, 4) is 5.75 Å². The molecular weight excluding hydrogens is 476 g/mol. The summed E-state index contributed by atoms with van der Waals surface area (Å²) in [6.45, 7) is 5.25. The molecule has 0 spiro atoms. The number of ether oxygens (including phenoxy) is 1. The lowest BCUT2D eigenvalue weighted by Gasteiger charge is -2.33. The second-order valence-electron chi connectivity index (χ2n) is 10.4. The van der Waals surface area contributed by atoms with Gasteiger partial charge in [0.05, 0.1) is 17.2 Å². The summed E-state index contributed by atoms with van der Waals surface area (Å²) in [5, 5.41) is 4.11. The fourth-order valence-electron chi connectivity index (χ4n) is 6.09. The number of hydrogen-bond acceptors (Lipinski definition) is 4. The first kappa shape index (κ1) is 24.2. The van der Waals surface area contributed by atoms with Crippen LogP contribution in [0.4, 0.5) is 0 Å². The van der Waals surface area contributed by atoms with Crippen molar-refractivity contribution in [3.05, 3.63) is 100 Å². The highest BCUT2D eigenvalue weighted by Crippen LogP contribution is 2.39. The van der Waals surface area contributed by atoms with Gasteiger partial charge in [0.25, 0.3) is 5.91 Å². The van der Waals surface area contributed by atoms with E-state index in [1.165, 1.54) is 11.1 Å². The minimum absolute atomic E-state index is 0.120. The van der Waals surface area contributed by atoms with Crippen LogP contribution in [-0.2, 0) is 13.2 Å². The van der Waals surface area contributed by atoms with Crippen molar-refractivity contribution in [2.45, 2.75) is 44.9 Å². The van der Waals surface area contributed by atoms with Crippen LogP contribution in [0.1, 0.15) is 74.7 Å². The molecule has 2 aliphatic heterocycles. The van der Waals surface area contributed by atoms with Crippen molar-refractivity contribution < 1.29 is 14.3 Å². The largest absolute Gasteiger partial charge is 0.488 e. The summed E-state index contributed by atoms with van der Waals surface area (Å²) < 4.78 is 6.25. The molecule has 0 saturated carbocycles. The normalized spacial score (nSPS) is 17.9. The molecule has 3 aromatic carbocycles. The molecular formula is C31H32N4O3. The van der Waals surface area contributed by atoms with Gasteiger partial charge in [-0.25, -0.2) is 0 Å². The van der Waals surface area contributed by atoms with Gasteiger partial charge in [0.2, 0.25) is 5.91 Å². The van der Waals surface area contributed by atoms with Gasteiger partial charge in [-0.3, -0.25) is 14.5 Å². The van der Waals surface area contributed by atoms with Gasteiger partial charge in [-0.2, -0.15) is 0 Å². The van der Waals surface area contributed by atoms with Gasteiger partial charge in [0.15, 0.2) is 0 Å². The average Bonchev–Trinajstić information content (AvgIpc) is 3.48. The molecule has 0 aliphatic carbocycles. The highest BCUT2D eigenvalue weighted by Gasteiger charge is 2.35. The molecule has 1 aromatic heterocycles. The molecule has 4 N–H and O–H groups in total. The number of nitrogens with zero attached hydrogens (tertiary/aromatic N) is 1. The predicted molar refractivity (Wildman–Crippen MR) is 147 cm³/mol. The zero-order chi connectivity index (χ0) is 26.2. The molecule has 38 heavy (non-hydrogen) atoms. The quantitative estimate of drug-likeness (QED) is 0.326. The van der Waals surface area contributed by atoms with E-state index < -0.39 is 5.91 Å². The number of hydrogen-bond donors (Lipinski definition) is 3. The fourth-order valence-corrected chi connectivity index (χ4v) is 6.09. The van der Waals surface area contributed by atoms with Crippen LogP contribution in [0, 0.1) is 0 Å². The van der Waals surface area contributed by atoms with Crippen molar-refractivity contribution in [2.75, 3.05) is 13.1 Å². The third-order valence-electron chi connectivity index (χ3n) is 7.96. The summed E-state index contributed by atoms with van der Waals surface area (Å²) >= 11 is 0. The lowest BCUT2D eigenvalue weighted by atomic mass is 9.82. The SMILES string of the molecule is CC1NC(=O)c2c(C(N)=O)ccc(C3CCN(Cc4c[nH]c5cccc(OCc6ccccc6)c45)CC3)c21. The summed E-state index contributed by atoms with van der Waals surface area (Å²) in [5.41, 5.74) is 11.9. The lowest BCUT2D eigenvalue weighted by Crippen LogP contribution is -2.32. The van der Waals surface area contributed by atoms with Crippen molar-refractivity contribution in [1.82, 2.24) is 15.2 Å². The average molecular weight is 509 g/mol. The summed E-state index contributed by atoms with van der Waals surface area (Å²) in [5.74, 6) is 0.474. The highest BCUT2D eigenvalue weighted by atomic mass is 16.5. The van der Waals surface area contributed by atoms with Crippen molar-refractivity contribution in [1.29, 1.82) is 0 Å². The summed E-state index contributed by atoms with van der Waals surface area (Å²) in [7, 11) is 0. The van der Waals surface area contributed by atoms with Gasteiger partial charge in [0, 0.05) is 23.6 Å². The number of likely N-dealkylation sites (tertiary alicyclic amines) is 1. The predicted octanol–water partition coefficient (Wildman–Crippen LogP) is 5.03. The van der Waals surface area contributed by atoms with Crippen LogP contribution in [0.5, 0.6) is 5.75 Å². The van der Waals surface area contributed by atoms with Gasteiger partial charge in [0.1, 0.15) is 12.4 Å². The molecule has 1 unspecified atom stereocenters. The number of benzene rings is 3. The Hall–Kier alpha value is -4.10. The third kappa shape index (κ3) is 4.43. The Morgan fingerprint density at radius 1 is 1.05 bits per heavy atom. The maximum atomic E-state index is 12.6. The summed E-state index contributed by atoms with van der Waals surface area (Å²) in [4.78, 5) is 30.4. The maximum Gasteiger partial charge on any atom is 0.252 e. The van der Waals surface area contributed by atoms with E-state index in [0.717, 1.165) is 60.3 Å². The number of carbonyl (C=O) groups excluding carboxylic acids is 2. The van der Waals surface area contributed by atoms with Crippen LogP contribution in [-0.4, -0.2) is 34.8 Å². The number of amides is 2. The molecule has 194 valence electrons. The molecule has 1 atom stereocenters. The van der Waals surface area contributed by atoms with Crippen molar-refractivity contribution >= 4 is 22.7 Å². The summed E-state index contributed by atoms with van der Waals surface area (Å²) in [6.07, 6.45) is 4.08. The Morgan fingerprint density at radius 3 is 2.61 bits per heavy atom. The van der Waals surface area contributed by atoms with Gasteiger partial charge < -0.3 is 20.8 Å². The molecule has 2 amide bonds. The number of carbonyl (C=O) groups is 2. The van der Waals surface area contributed by atoms with E-state index in [1.807, 2.05) is 43.3 Å². The van der Waals surface area contributed by atoms with Crippen LogP contribution in [0.2, 0.25) is 0 Å². The number of aromatic amines is 1. The van der Waals surface area contributed by atoms with E-state index in [4.69, 9.17) is 10.5 Å². The molecule has 2 aliphatic rings. The minimum atomic E-state index is -0.558. The van der Waals surface area contributed by atoms with Crippen LogP contribution in [0.25, 0.3) is 10.9 Å². The van der Waals surface area contributed by atoms with Gasteiger partial charge >= 0.3 is 0 Å². The maximum absolute atomic E-state index is 12.6. The van der Waals surface area contributed by atoms with E-state index in [0.29, 0.717) is 23.7 Å². The van der Waals surface area contributed by atoms with Crippen molar-refractivity contribution in [2.24, 2.45) is 5.73 Å². The molecule has 0 radical (unpaired) electrons. The number of fused-ring (bicyclic) bond motifs is 2. The highest BCUT2D eigenvalue weighted by molar-refractivity contribution is 6.10. The number of nitrogens with one attached hydrogen (secondary N) is 2. The number of piperidine rings is 1. The lowest BCUT2D eigenvalue weighted by molar-refractivity contribution is 0.0941. The fraction of sp³-hybridized carbons (Fsp3) is 0.290. The van der Waals surface area contributed by atoms with Crippen molar-refractivity contribution in [3.63, 3.8) is 0 Å². The minimum Gasteiger partial charge on any atom is -0.488 e. The molecule has 0 bridgehead atoms. The first-order chi connectivity index (χ1) is 18.5. The molecule has 4 aromatic rings. The standard InChI is InChI=1S/C31H32N4O3/c1-19-27-23(10-11-24(30(32)36)29(27)31(37)34-19)21-12-14-35(15-13-21)17-22-16-33-25-8-5-9-26(28(22)25)38-18-20-6-3-2-4-7-20/h2-11,16,19,21,33H,12-15,17-18H2,1H3,(H2,32,36)(H,34,37). The first-order valence-electron chi connectivity index (χ1n) is 13.2.